The molecule has 0 unspecified atom stereocenters. The summed E-state index contributed by atoms with van der Waals surface area (Å²) in [6, 6.07) is 7.49. The highest BCUT2D eigenvalue weighted by Gasteiger charge is 2.37. The third-order valence-corrected chi connectivity index (χ3v) is 5.19. The van der Waals surface area contributed by atoms with Gasteiger partial charge < -0.3 is 29.5 Å². The maximum absolute atomic E-state index is 11.9. The zero-order valence-corrected chi connectivity index (χ0v) is 16.8. The summed E-state index contributed by atoms with van der Waals surface area (Å²) >= 11 is 0. The number of anilines is 1. The molecule has 2 saturated heterocycles. The average Bonchev–Trinajstić information content (AvgIpc) is 3.32. The molecular formula is C20H25N3O7. The Morgan fingerprint density at radius 3 is 2.67 bits per heavy atom. The van der Waals surface area contributed by atoms with E-state index in [0.29, 0.717) is 24.0 Å². The van der Waals surface area contributed by atoms with Crippen LogP contribution in [-0.2, 0) is 9.53 Å². The van der Waals surface area contributed by atoms with Crippen molar-refractivity contribution in [3.05, 3.63) is 29.8 Å². The number of carbonyl (C=O) groups is 2. The SMILES string of the molecule is COc1ccc(-c2onc(N[C@@H]3C[C@H]4CO[C@H](C)CN4C3)c2C(=O)O)cc1.O=CO. The molecule has 0 amide bonds. The van der Waals surface area contributed by atoms with Crippen molar-refractivity contribution < 1.29 is 33.8 Å². The Morgan fingerprint density at radius 1 is 1.33 bits per heavy atom. The number of morpholine rings is 1. The number of nitrogens with one attached hydrogen (secondary N) is 1. The van der Waals surface area contributed by atoms with Crippen molar-refractivity contribution in [1.82, 2.24) is 10.1 Å². The van der Waals surface area contributed by atoms with Gasteiger partial charge in [-0.05, 0) is 37.6 Å². The van der Waals surface area contributed by atoms with Crippen LogP contribution >= 0.6 is 0 Å². The monoisotopic (exact) mass is 419 g/mol. The van der Waals surface area contributed by atoms with Gasteiger partial charge in [-0.15, -0.1) is 0 Å². The zero-order chi connectivity index (χ0) is 21.7. The van der Waals surface area contributed by atoms with E-state index in [1.807, 2.05) is 0 Å². The van der Waals surface area contributed by atoms with Crippen LogP contribution in [0.25, 0.3) is 11.3 Å². The fourth-order valence-electron chi connectivity index (χ4n) is 3.86. The van der Waals surface area contributed by atoms with Gasteiger partial charge in [0.1, 0.15) is 5.75 Å². The van der Waals surface area contributed by atoms with Gasteiger partial charge in [-0.3, -0.25) is 9.69 Å². The molecule has 1 aromatic heterocycles. The molecule has 0 radical (unpaired) electrons. The Hall–Kier alpha value is -3.11. The Labute approximate surface area is 173 Å². The molecule has 0 spiro atoms. The van der Waals surface area contributed by atoms with Gasteiger partial charge in [0.2, 0.25) is 0 Å². The number of aromatic nitrogens is 1. The Morgan fingerprint density at radius 2 is 2.03 bits per heavy atom. The maximum Gasteiger partial charge on any atom is 0.343 e. The molecule has 1 aromatic carbocycles. The van der Waals surface area contributed by atoms with Gasteiger partial charge in [0.15, 0.2) is 17.1 Å². The zero-order valence-electron chi connectivity index (χ0n) is 16.8. The number of aromatic carboxylic acids is 1. The number of benzene rings is 1. The first-order chi connectivity index (χ1) is 14.5. The van der Waals surface area contributed by atoms with Crippen molar-refractivity contribution in [3.63, 3.8) is 0 Å². The van der Waals surface area contributed by atoms with Crippen molar-refractivity contribution in [1.29, 1.82) is 0 Å². The lowest BCUT2D eigenvalue weighted by atomic mass is 10.1. The van der Waals surface area contributed by atoms with E-state index in [4.69, 9.17) is 23.9 Å². The molecule has 162 valence electrons. The normalized spacial score (nSPS) is 23.1. The van der Waals surface area contributed by atoms with Gasteiger partial charge in [0, 0.05) is 30.7 Å². The molecule has 3 N–H and O–H groups in total. The third-order valence-electron chi connectivity index (χ3n) is 5.19. The number of hydrogen-bond donors (Lipinski definition) is 3. The molecule has 10 heteroatoms. The Bertz CT molecular complexity index is 868. The number of fused-ring (bicyclic) bond motifs is 1. The number of rotatable bonds is 5. The van der Waals surface area contributed by atoms with E-state index in [2.05, 4.69) is 22.3 Å². The van der Waals surface area contributed by atoms with Gasteiger partial charge in [0.05, 0.1) is 19.8 Å². The van der Waals surface area contributed by atoms with Crippen molar-refractivity contribution in [2.24, 2.45) is 0 Å². The fraction of sp³-hybridized carbons (Fsp3) is 0.450. The van der Waals surface area contributed by atoms with Crippen molar-refractivity contribution >= 4 is 18.3 Å². The molecule has 4 rings (SSSR count). The van der Waals surface area contributed by atoms with Crippen LogP contribution in [0.4, 0.5) is 5.82 Å². The van der Waals surface area contributed by atoms with Crippen LogP contribution in [0.1, 0.15) is 23.7 Å². The van der Waals surface area contributed by atoms with Crippen LogP contribution in [-0.4, -0.2) is 77.7 Å². The number of carboxylic acids is 1. The summed E-state index contributed by atoms with van der Waals surface area (Å²) in [6.45, 7) is 4.26. The second kappa shape index (κ2) is 9.59. The molecule has 2 aliphatic heterocycles. The summed E-state index contributed by atoms with van der Waals surface area (Å²) in [5.41, 5.74) is 0.689. The van der Waals surface area contributed by atoms with Crippen LogP contribution in [0.3, 0.4) is 0 Å². The predicted molar refractivity (Wildman–Crippen MR) is 107 cm³/mol. The molecule has 3 heterocycles. The number of methoxy groups -OCH3 is 1. The largest absolute Gasteiger partial charge is 0.497 e. The van der Waals surface area contributed by atoms with Crippen LogP contribution < -0.4 is 10.1 Å². The minimum absolute atomic E-state index is 0.0506. The van der Waals surface area contributed by atoms with E-state index in [-0.39, 0.29) is 35.8 Å². The first-order valence-electron chi connectivity index (χ1n) is 9.54. The van der Waals surface area contributed by atoms with E-state index in [0.717, 1.165) is 19.5 Å². The second-order valence-corrected chi connectivity index (χ2v) is 7.20. The fourth-order valence-corrected chi connectivity index (χ4v) is 3.86. The van der Waals surface area contributed by atoms with Crippen molar-refractivity contribution in [2.75, 3.05) is 32.1 Å². The van der Waals surface area contributed by atoms with Gasteiger partial charge >= 0.3 is 5.97 Å². The summed E-state index contributed by atoms with van der Waals surface area (Å²) in [4.78, 5) is 22.6. The Kier molecular flexibility index (Phi) is 6.91. The van der Waals surface area contributed by atoms with Crippen LogP contribution in [0, 0.1) is 0 Å². The first kappa shape index (κ1) is 21.6. The average molecular weight is 419 g/mol. The summed E-state index contributed by atoms with van der Waals surface area (Å²) in [7, 11) is 1.58. The topological polar surface area (TPSA) is 134 Å². The van der Waals surface area contributed by atoms with Gasteiger partial charge in [-0.25, -0.2) is 4.79 Å². The number of hydrogen-bond acceptors (Lipinski definition) is 8. The lowest BCUT2D eigenvalue weighted by Crippen LogP contribution is -2.45. The molecule has 10 nitrogen and oxygen atoms in total. The first-order valence-corrected chi connectivity index (χ1v) is 9.54. The Balaban J connectivity index is 0.000000806. The van der Waals surface area contributed by atoms with Crippen LogP contribution in [0.15, 0.2) is 28.8 Å². The van der Waals surface area contributed by atoms with Crippen LogP contribution in [0.2, 0.25) is 0 Å². The van der Waals surface area contributed by atoms with E-state index in [1.54, 1.807) is 31.4 Å². The molecular weight excluding hydrogens is 394 g/mol. The van der Waals surface area contributed by atoms with E-state index in [1.165, 1.54) is 0 Å². The summed E-state index contributed by atoms with van der Waals surface area (Å²) < 4.78 is 16.3. The smallest absolute Gasteiger partial charge is 0.343 e. The molecule has 2 aliphatic rings. The minimum Gasteiger partial charge on any atom is -0.497 e. The van der Waals surface area contributed by atoms with E-state index >= 15 is 0 Å². The lowest BCUT2D eigenvalue weighted by molar-refractivity contribution is -0.122. The highest BCUT2D eigenvalue weighted by molar-refractivity contribution is 5.99. The second-order valence-electron chi connectivity index (χ2n) is 7.20. The molecule has 3 atom stereocenters. The summed E-state index contributed by atoms with van der Waals surface area (Å²) in [6.07, 6.45) is 1.11. The quantitative estimate of drug-likeness (QED) is 0.618. The molecule has 0 aliphatic carbocycles. The van der Waals surface area contributed by atoms with Crippen molar-refractivity contribution in [3.8, 4) is 17.1 Å². The third kappa shape index (κ3) is 4.71. The number of carboxylic acid groups (broad SMARTS) is 2. The lowest BCUT2D eigenvalue weighted by Gasteiger charge is -2.33. The summed E-state index contributed by atoms with van der Waals surface area (Å²) in [5.74, 6) is 0.122. The van der Waals surface area contributed by atoms with E-state index < -0.39 is 5.97 Å². The molecule has 0 bridgehead atoms. The molecule has 2 aromatic rings. The van der Waals surface area contributed by atoms with Crippen molar-refractivity contribution in [2.45, 2.75) is 31.5 Å². The minimum atomic E-state index is -1.07. The molecule has 0 saturated carbocycles. The standard InChI is InChI=1S/C19H23N3O5.CH2O2/c1-11-8-22-9-13(7-14(22)10-26-11)20-18-16(19(23)24)17(27-21-18)12-3-5-15(25-2)6-4-12;2-1-3/h3-6,11,13-14H,7-10H2,1-2H3,(H,20,21)(H,23,24);1H,(H,2,3)/t11-,13-,14+;/m1./s1. The number of nitrogens with zero attached hydrogens (tertiary/aromatic N) is 2. The number of ether oxygens (including phenoxy) is 2. The van der Waals surface area contributed by atoms with E-state index in [9.17, 15) is 9.90 Å². The molecule has 2 fully saturated rings. The maximum atomic E-state index is 11.9. The highest BCUT2D eigenvalue weighted by atomic mass is 16.5. The summed E-state index contributed by atoms with van der Waals surface area (Å²) in [5, 5.41) is 23.9. The van der Waals surface area contributed by atoms with Gasteiger partial charge in [-0.2, -0.15) is 0 Å². The predicted octanol–water partition coefficient (Wildman–Crippen LogP) is 2.02. The van der Waals surface area contributed by atoms with Gasteiger partial charge in [-0.1, -0.05) is 5.16 Å². The van der Waals surface area contributed by atoms with Crippen LogP contribution in [0.5, 0.6) is 5.75 Å². The highest BCUT2D eigenvalue weighted by Crippen LogP contribution is 2.32. The van der Waals surface area contributed by atoms with Gasteiger partial charge in [0.25, 0.3) is 6.47 Å². The molecule has 30 heavy (non-hydrogen) atoms.